The summed E-state index contributed by atoms with van der Waals surface area (Å²) in [6.07, 6.45) is 1.46. The molecule has 0 saturated heterocycles. The monoisotopic (exact) mass is 272 g/mol. The first-order valence-corrected chi connectivity index (χ1v) is 6.72. The normalized spacial score (nSPS) is 29.3. The van der Waals surface area contributed by atoms with Gasteiger partial charge in [-0.05, 0) is 36.7 Å². The Morgan fingerprint density at radius 1 is 1.00 bits per heavy atom. The zero-order chi connectivity index (χ0) is 14.2. The fraction of sp³-hybridized carbons (Fsp3) is 0.600. The first-order valence-electron chi connectivity index (χ1n) is 6.72. The van der Waals surface area contributed by atoms with Crippen LogP contribution in [0.2, 0.25) is 0 Å². The molecular weight excluding hydrogens is 253 g/mol. The lowest BCUT2D eigenvalue weighted by atomic mass is 9.73. The lowest BCUT2D eigenvalue weighted by Crippen LogP contribution is -2.25. The van der Waals surface area contributed by atoms with Crippen LogP contribution in [-0.2, 0) is 0 Å². The molecule has 4 heteroatoms. The van der Waals surface area contributed by atoms with Crippen LogP contribution < -0.4 is 0 Å². The van der Waals surface area contributed by atoms with Gasteiger partial charge in [-0.3, -0.25) is 0 Å². The number of benzene rings is 1. The van der Waals surface area contributed by atoms with E-state index in [9.17, 15) is 18.3 Å². The average Bonchev–Trinajstić information content (AvgIpc) is 2.36. The molecule has 0 aliphatic heterocycles. The molecule has 1 aliphatic rings. The van der Waals surface area contributed by atoms with Crippen LogP contribution in [-0.4, -0.2) is 5.11 Å². The molecule has 1 saturated carbocycles. The largest absolute Gasteiger partial charge is 0.388 e. The van der Waals surface area contributed by atoms with E-state index in [0.29, 0.717) is 17.9 Å². The summed E-state index contributed by atoms with van der Waals surface area (Å²) in [5.41, 5.74) is -0.134. The number of aliphatic hydroxyl groups excluding tert-OH is 1. The van der Waals surface area contributed by atoms with Crippen molar-refractivity contribution >= 4 is 0 Å². The summed E-state index contributed by atoms with van der Waals surface area (Å²) in [4.78, 5) is 0. The van der Waals surface area contributed by atoms with E-state index >= 15 is 0 Å². The molecule has 0 bridgehead atoms. The molecule has 2 rings (SSSR count). The average molecular weight is 272 g/mol. The maximum Gasteiger partial charge on any atom is 0.161 e. The molecule has 0 radical (unpaired) electrons. The van der Waals surface area contributed by atoms with Crippen LogP contribution in [0.4, 0.5) is 13.2 Å². The topological polar surface area (TPSA) is 20.2 Å². The molecule has 1 nitrogen and oxygen atoms in total. The molecule has 4 atom stereocenters. The van der Waals surface area contributed by atoms with Crippen LogP contribution in [0.25, 0.3) is 0 Å². The SMILES string of the molecule is CC1CCC(C(O)c2cc(F)c(F)cc2F)CC1C. The lowest BCUT2D eigenvalue weighted by molar-refractivity contribution is 0.0532. The van der Waals surface area contributed by atoms with Gasteiger partial charge in [0.2, 0.25) is 0 Å². The van der Waals surface area contributed by atoms with Gasteiger partial charge in [-0.2, -0.15) is 0 Å². The van der Waals surface area contributed by atoms with Gasteiger partial charge in [0, 0.05) is 11.6 Å². The Balaban J connectivity index is 2.20. The minimum Gasteiger partial charge on any atom is -0.388 e. The molecule has 106 valence electrons. The summed E-state index contributed by atoms with van der Waals surface area (Å²) in [6.45, 7) is 4.26. The Morgan fingerprint density at radius 3 is 2.26 bits per heavy atom. The van der Waals surface area contributed by atoms with E-state index in [2.05, 4.69) is 13.8 Å². The van der Waals surface area contributed by atoms with Gasteiger partial charge in [0.15, 0.2) is 11.6 Å². The smallest absolute Gasteiger partial charge is 0.161 e. The second-order valence-electron chi connectivity index (χ2n) is 5.76. The van der Waals surface area contributed by atoms with Crippen molar-refractivity contribution in [1.29, 1.82) is 0 Å². The maximum atomic E-state index is 13.6. The van der Waals surface area contributed by atoms with Gasteiger partial charge >= 0.3 is 0 Å². The number of aliphatic hydroxyl groups is 1. The molecule has 1 aromatic rings. The van der Waals surface area contributed by atoms with Crippen molar-refractivity contribution < 1.29 is 18.3 Å². The highest BCUT2D eigenvalue weighted by molar-refractivity contribution is 5.23. The highest BCUT2D eigenvalue weighted by atomic mass is 19.2. The molecule has 1 fully saturated rings. The van der Waals surface area contributed by atoms with E-state index in [4.69, 9.17) is 0 Å². The number of rotatable bonds is 2. The van der Waals surface area contributed by atoms with Crippen molar-refractivity contribution in [2.45, 2.75) is 39.2 Å². The minimum atomic E-state index is -1.22. The van der Waals surface area contributed by atoms with E-state index in [1.54, 1.807) is 0 Å². The zero-order valence-corrected chi connectivity index (χ0v) is 11.2. The predicted octanol–water partition coefficient (Wildman–Crippen LogP) is 4.21. The standard InChI is InChI=1S/C15H19F3O/c1-8-3-4-10(5-9(8)2)15(19)11-6-13(17)14(18)7-12(11)16/h6-10,15,19H,3-5H2,1-2H3. The van der Waals surface area contributed by atoms with Crippen molar-refractivity contribution in [2.75, 3.05) is 0 Å². The summed E-state index contributed by atoms with van der Waals surface area (Å²) in [7, 11) is 0. The van der Waals surface area contributed by atoms with E-state index in [1.807, 2.05) is 0 Å². The summed E-state index contributed by atoms with van der Waals surface area (Å²) >= 11 is 0. The highest BCUT2D eigenvalue weighted by Crippen LogP contribution is 2.40. The molecular formula is C15H19F3O. The first-order chi connectivity index (χ1) is 8.90. The van der Waals surface area contributed by atoms with Crippen molar-refractivity contribution in [3.05, 3.63) is 35.1 Å². The fourth-order valence-corrected chi connectivity index (χ4v) is 2.89. The number of hydrogen-bond acceptors (Lipinski definition) is 1. The summed E-state index contributed by atoms with van der Waals surface area (Å²) in [5, 5.41) is 10.2. The molecule has 19 heavy (non-hydrogen) atoms. The van der Waals surface area contributed by atoms with Gasteiger partial charge < -0.3 is 5.11 Å². The third-order valence-electron chi connectivity index (χ3n) is 4.44. The Bertz CT molecular complexity index is 461. The van der Waals surface area contributed by atoms with Crippen molar-refractivity contribution in [3.8, 4) is 0 Å². The van der Waals surface area contributed by atoms with Crippen molar-refractivity contribution in [3.63, 3.8) is 0 Å². The van der Waals surface area contributed by atoms with Crippen molar-refractivity contribution in [1.82, 2.24) is 0 Å². The van der Waals surface area contributed by atoms with Crippen LogP contribution >= 0.6 is 0 Å². The van der Waals surface area contributed by atoms with Gasteiger partial charge in [-0.25, -0.2) is 13.2 Å². The molecule has 0 aromatic heterocycles. The zero-order valence-electron chi connectivity index (χ0n) is 11.2. The quantitative estimate of drug-likeness (QED) is 0.800. The van der Waals surface area contributed by atoms with Gasteiger partial charge in [-0.1, -0.05) is 20.3 Å². The lowest BCUT2D eigenvalue weighted by Gasteiger charge is -2.34. The van der Waals surface area contributed by atoms with Gasteiger partial charge in [0.1, 0.15) is 5.82 Å². The Labute approximate surface area is 111 Å². The Morgan fingerprint density at radius 2 is 1.63 bits per heavy atom. The predicted molar refractivity (Wildman–Crippen MR) is 66.9 cm³/mol. The van der Waals surface area contributed by atoms with E-state index in [-0.39, 0.29) is 11.5 Å². The summed E-state index contributed by atoms with van der Waals surface area (Å²) in [6, 6.07) is 1.28. The molecule has 0 spiro atoms. The van der Waals surface area contributed by atoms with E-state index < -0.39 is 23.6 Å². The number of halogens is 3. The molecule has 0 amide bonds. The third kappa shape index (κ3) is 2.94. The van der Waals surface area contributed by atoms with Crippen molar-refractivity contribution in [2.24, 2.45) is 17.8 Å². The van der Waals surface area contributed by atoms with Gasteiger partial charge in [0.25, 0.3) is 0 Å². The first kappa shape index (κ1) is 14.4. The second kappa shape index (κ2) is 5.53. The highest BCUT2D eigenvalue weighted by Gasteiger charge is 2.31. The van der Waals surface area contributed by atoms with Crippen LogP contribution in [0.1, 0.15) is 44.8 Å². The maximum absolute atomic E-state index is 13.6. The summed E-state index contributed by atoms with van der Waals surface area (Å²) < 4.78 is 39.7. The third-order valence-corrected chi connectivity index (χ3v) is 4.44. The number of hydrogen-bond donors (Lipinski definition) is 1. The molecule has 1 N–H and O–H groups in total. The Kier molecular flexibility index (Phi) is 4.19. The molecule has 1 aromatic carbocycles. The molecule has 0 heterocycles. The van der Waals surface area contributed by atoms with Gasteiger partial charge in [0.05, 0.1) is 6.10 Å². The minimum absolute atomic E-state index is 0.0921. The van der Waals surface area contributed by atoms with E-state index in [0.717, 1.165) is 25.3 Å². The van der Waals surface area contributed by atoms with Crippen LogP contribution in [0, 0.1) is 35.2 Å². The Hall–Kier alpha value is -1.03. The fourth-order valence-electron chi connectivity index (χ4n) is 2.89. The van der Waals surface area contributed by atoms with Crippen LogP contribution in [0.3, 0.4) is 0 Å². The molecule has 1 aliphatic carbocycles. The molecule has 4 unspecified atom stereocenters. The van der Waals surface area contributed by atoms with Gasteiger partial charge in [-0.15, -0.1) is 0 Å². The van der Waals surface area contributed by atoms with Crippen LogP contribution in [0.15, 0.2) is 12.1 Å². The summed E-state index contributed by atoms with van der Waals surface area (Å²) in [5.74, 6) is -2.28. The van der Waals surface area contributed by atoms with E-state index in [1.165, 1.54) is 0 Å². The van der Waals surface area contributed by atoms with Crippen LogP contribution in [0.5, 0.6) is 0 Å². The second-order valence-corrected chi connectivity index (χ2v) is 5.76.